The molecular formula is C41H59FN6O4. The van der Waals surface area contributed by atoms with E-state index in [9.17, 15) is 5.11 Å². The van der Waals surface area contributed by atoms with Crippen LogP contribution in [-0.4, -0.2) is 72.7 Å². The van der Waals surface area contributed by atoms with Gasteiger partial charge in [-0.05, 0) is 103 Å². The van der Waals surface area contributed by atoms with Crippen LogP contribution >= 0.6 is 0 Å². The van der Waals surface area contributed by atoms with Crippen molar-refractivity contribution < 1.29 is 23.7 Å². The summed E-state index contributed by atoms with van der Waals surface area (Å²) in [5.74, 6) is 3.66. The molecule has 0 spiro atoms. The highest BCUT2D eigenvalue weighted by molar-refractivity contribution is 6.00. The van der Waals surface area contributed by atoms with Crippen molar-refractivity contribution in [3.8, 4) is 5.88 Å². The third kappa shape index (κ3) is 8.74. The van der Waals surface area contributed by atoms with E-state index < -0.39 is 12.0 Å². The number of benzene rings is 1. The van der Waals surface area contributed by atoms with Crippen LogP contribution in [-0.2, 0) is 16.1 Å². The summed E-state index contributed by atoms with van der Waals surface area (Å²) in [6, 6.07) is 5.20. The number of halogens is 1. The number of nitrogens with zero attached hydrogens (tertiary/aromatic N) is 5. The Morgan fingerprint density at radius 2 is 1.92 bits per heavy atom. The van der Waals surface area contributed by atoms with Gasteiger partial charge in [0.1, 0.15) is 18.1 Å². The molecule has 5 unspecified atom stereocenters. The first kappa shape index (κ1) is 37.1. The predicted octanol–water partition coefficient (Wildman–Crippen LogP) is 7.86. The lowest BCUT2D eigenvalue weighted by atomic mass is 9.69. The maximum Gasteiger partial charge on any atom is 0.238 e. The lowest BCUT2D eigenvalue weighted by Crippen LogP contribution is -2.47. The highest BCUT2D eigenvalue weighted by Gasteiger charge is 2.35. The van der Waals surface area contributed by atoms with E-state index in [0.29, 0.717) is 49.4 Å². The van der Waals surface area contributed by atoms with Gasteiger partial charge in [-0.3, -0.25) is 0 Å². The molecule has 10 nitrogen and oxygen atoms in total. The number of aromatic nitrogens is 1. The molecular weight excluding hydrogens is 659 g/mol. The molecule has 2 aliphatic carbocycles. The van der Waals surface area contributed by atoms with Gasteiger partial charge in [-0.2, -0.15) is 0 Å². The summed E-state index contributed by atoms with van der Waals surface area (Å²) in [6.45, 7) is 12.8. The van der Waals surface area contributed by atoms with Crippen molar-refractivity contribution in [3.05, 3.63) is 41.3 Å². The molecule has 3 fully saturated rings. The summed E-state index contributed by atoms with van der Waals surface area (Å²) in [5.41, 5.74) is 3.39. The monoisotopic (exact) mass is 718 g/mol. The van der Waals surface area contributed by atoms with Gasteiger partial charge in [0.2, 0.25) is 18.3 Å². The van der Waals surface area contributed by atoms with E-state index in [-0.39, 0.29) is 23.9 Å². The highest BCUT2D eigenvalue weighted by atomic mass is 19.1. The first-order chi connectivity index (χ1) is 25.0. The van der Waals surface area contributed by atoms with Gasteiger partial charge in [-0.1, -0.05) is 32.3 Å². The number of anilines is 3. The Kier molecular flexibility index (Phi) is 11.4. The van der Waals surface area contributed by atoms with Crippen molar-refractivity contribution in [1.82, 2.24) is 4.98 Å². The fraction of sp³-hybridized carbons (Fsp3) is 0.683. The SMILES string of the molecule is CCC1CC(CC2CCCC(OCc3ccc(NC4=NC5CN(c6cnc7c(c6C)N(C(O)OC(C)(C)C)CCO7)CCC5C=N4)cc3F)CC2)C1. The van der Waals surface area contributed by atoms with E-state index in [1.165, 1.54) is 51.0 Å². The van der Waals surface area contributed by atoms with Gasteiger partial charge in [-0.15, -0.1) is 0 Å². The lowest BCUT2D eigenvalue weighted by Gasteiger charge is -2.41. The van der Waals surface area contributed by atoms with Crippen LogP contribution in [0, 0.1) is 36.4 Å². The average Bonchev–Trinajstić information content (AvgIpc) is 3.33. The number of guanidine groups is 1. The molecule has 0 amide bonds. The van der Waals surface area contributed by atoms with Crippen LogP contribution in [0.25, 0.3) is 0 Å². The Hall–Kier alpha value is -3.28. The van der Waals surface area contributed by atoms with E-state index in [0.717, 1.165) is 60.5 Å². The van der Waals surface area contributed by atoms with Gasteiger partial charge in [-0.25, -0.2) is 19.4 Å². The number of aliphatic hydroxyl groups is 1. The van der Waals surface area contributed by atoms with Crippen molar-refractivity contribution in [2.24, 2.45) is 33.7 Å². The van der Waals surface area contributed by atoms with Crippen LogP contribution in [0.5, 0.6) is 5.88 Å². The van der Waals surface area contributed by atoms with Gasteiger partial charge in [0, 0.05) is 42.0 Å². The summed E-state index contributed by atoms with van der Waals surface area (Å²) in [6.07, 6.45) is 15.3. The Morgan fingerprint density at radius 3 is 2.71 bits per heavy atom. The topological polar surface area (TPSA) is 104 Å². The maximum absolute atomic E-state index is 15.3. The van der Waals surface area contributed by atoms with Crippen molar-refractivity contribution in [1.29, 1.82) is 0 Å². The molecule has 2 saturated carbocycles. The van der Waals surface area contributed by atoms with Crippen LogP contribution in [0.4, 0.5) is 21.5 Å². The minimum absolute atomic E-state index is 0.0231. The second-order valence-corrected chi connectivity index (χ2v) is 16.8. The Balaban J connectivity index is 0.940. The van der Waals surface area contributed by atoms with Gasteiger partial charge < -0.3 is 34.4 Å². The Morgan fingerprint density at radius 1 is 1.08 bits per heavy atom. The first-order valence-electron chi connectivity index (χ1n) is 19.8. The van der Waals surface area contributed by atoms with E-state index in [1.54, 1.807) is 0 Å². The summed E-state index contributed by atoms with van der Waals surface area (Å²) in [7, 11) is 0. The number of nitrogens with one attached hydrogen (secondary N) is 1. The maximum atomic E-state index is 15.3. The molecule has 2 N–H and O–H groups in total. The van der Waals surface area contributed by atoms with Crippen LogP contribution in [0.15, 0.2) is 34.4 Å². The van der Waals surface area contributed by atoms with E-state index in [2.05, 4.69) is 27.1 Å². The van der Waals surface area contributed by atoms with Gasteiger partial charge in [0.05, 0.1) is 42.8 Å². The second-order valence-electron chi connectivity index (χ2n) is 16.8. The summed E-state index contributed by atoms with van der Waals surface area (Å²) in [4.78, 5) is 18.4. The van der Waals surface area contributed by atoms with Gasteiger partial charge in [0.25, 0.3) is 0 Å². The smallest absolute Gasteiger partial charge is 0.238 e. The van der Waals surface area contributed by atoms with Crippen molar-refractivity contribution in [2.45, 2.75) is 130 Å². The number of ether oxygens (including phenoxy) is 3. The largest absolute Gasteiger partial charge is 0.474 e. The average molecular weight is 719 g/mol. The van der Waals surface area contributed by atoms with Crippen LogP contribution in [0.1, 0.15) is 103 Å². The standard InChI is InChI=1S/C41H59FN6O4/c1-6-27-18-29(19-27)20-28-8-7-9-33(13-10-28)51-25-31-11-12-32(21-34(31)42)45-39-44-22-30-14-15-47(24-35(30)46-39)36-23-43-38-37(26(36)2)48(16-17-50-38)40(49)52-41(3,4)5/h11-12,21-23,27-30,33,35,40,49H,6-10,13-20,24-25H2,1-5H3,(H,45,46). The normalized spacial score (nSPS) is 28.2. The number of fused-ring (bicyclic) bond motifs is 2. The molecule has 5 aliphatic rings. The number of hydrogen-bond donors (Lipinski definition) is 2. The highest BCUT2D eigenvalue weighted by Crippen LogP contribution is 2.43. The van der Waals surface area contributed by atoms with Crippen LogP contribution in [0.2, 0.25) is 0 Å². The number of pyridine rings is 1. The number of aliphatic imine (C=N–C) groups is 2. The van der Waals surface area contributed by atoms with Gasteiger partial charge >= 0.3 is 0 Å². The molecule has 11 heteroatoms. The number of rotatable bonds is 10. The summed E-state index contributed by atoms with van der Waals surface area (Å²) >= 11 is 0. The summed E-state index contributed by atoms with van der Waals surface area (Å²) < 4.78 is 33.4. The summed E-state index contributed by atoms with van der Waals surface area (Å²) in [5, 5.41) is 14.2. The zero-order chi connectivity index (χ0) is 36.4. The molecule has 1 aromatic heterocycles. The molecule has 5 atom stereocenters. The molecule has 284 valence electrons. The van der Waals surface area contributed by atoms with Gasteiger partial charge in [0.15, 0.2) is 0 Å². The zero-order valence-electron chi connectivity index (χ0n) is 31.8. The third-order valence-electron chi connectivity index (χ3n) is 11.9. The van der Waals surface area contributed by atoms with E-state index in [1.807, 2.05) is 57.1 Å². The molecule has 0 bridgehead atoms. The molecule has 1 aromatic carbocycles. The quantitative estimate of drug-likeness (QED) is 0.189. The zero-order valence-corrected chi connectivity index (χ0v) is 31.8. The second kappa shape index (κ2) is 16.0. The Bertz CT molecular complexity index is 1610. The molecule has 52 heavy (non-hydrogen) atoms. The first-order valence-corrected chi connectivity index (χ1v) is 19.8. The fourth-order valence-corrected chi connectivity index (χ4v) is 8.87. The van der Waals surface area contributed by atoms with E-state index >= 15 is 4.39 Å². The molecule has 0 radical (unpaired) electrons. The minimum Gasteiger partial charge on any atom is -0.474 e. The van der Waals surface area contributed by atoms with Crippen LogP contribution in [0.3, 0.4) is 0 Å². The van der Waals surface area contributed by atoms with Crippen LogP contribution < -0.4 is 19.9 Å². The third-order valence-corrected chi connectivity index (χ3v) is 11.9. The molecule has 2 aromatic rings. The van der Waals surface area contributed by atoms with Crippen molar-refractivity contribution >= 4 is 29.2 Å². The van der Waals surface area contributed by atoms with E-state index in [4.69, 9.17) is 19.2 Å². The Labute approximate surface area is 309 Å². The molecule has 4 heterocycles. The number of hydrogen-bond acceptors (Lipinski definition) is 10. The number of piperidine rings is 1. The van der Waals surface area contributed by atoms with Crippen molar-refractivity contribution in [2.75, 3.05) is 41.4 Å². The lowest BCUT2D eigenvalue weighted by molar-refractivity contribution is -0.166. The number of aliphatic hydroxyl groups excluding tert-OH is 1. The van der Waals surface area contributed by atoms with Crippen molar-refractivity contribution in [3.63, 3.8) is 0 Å². The minimum atomic E-state index is -1.12. The molecule has 1 saturated heterocycles. The molecule has 7 rings (SSSR count). The molecule has 3 aliphatic heterocycles. The fourth-order valence-electron chi connectivity index (χ4n) is 8.87. The predicted molar refractivity (Wildman–Crippen MR) is 205 cm³/mol.